The van der Waals surface area contributed by atoms with Crippen molar-refractivity contribution in [1.29, 1.82) is 0 Å². The van der Waals surface area contributed by atoms with E-state index in [4.69, 9.17) is 4.74 Å². The van der Waals surface area contributed by atoms with E-state index in [0.717, 1.165) is 5.56 Å². The monoisotopic (exact) mass is 322 g/mol. The van der Waals surface area contributed by atoms with Crippen molar-refractivity contribution in [3.8, 4) is 5.75 Å². The zero-order chi connectivity index (χ0) is 17.1. The van der Waals surface area contributed by atoms with Crippen molar-refractivity contribution in [3.63, 3.8) is 0 Å². The molecule has 1 aliphatic heterocycles. The summed E-state index contributed by atoms with van der Waals surface area (Å²) in [6.45, 7) is 4.12. The van der Waals surface area contributed by atoms with E-state index in [1.807, 2.05) is 38.1 Å². The number of amides is 1. The number of benzene rings is 2. The van der Waals surface area contributed by atoms with Crippen LogP contribution >= 0.6 is 0 Å². The average Bonchev–Trinajstić information content (AvgIpc) is 2.88. The Morgan fingerprint density at radius 3 is 2.62 bits per heavy atom. The third-order valence-corrected chi connectivity index (χ3v) is 3.61. The number of carbonyl (C=O) groups is 1. The molecule has 0 aromatic heterocycles. The summed E-state index contributed by atoms with van der Waals surface area (Å²) in [6, 6.07) is 14.4. The van der Waals surface area contributed by atoms with Gasteiger partial charge in [0.2, 0.25) is 5.90 Å². The van der Waals surface area contributed by atoms with Gasteiger partial charge in [0.05, 0.1) is 12.3 Å². The number of hydrazone groups is 1. The second-order valence-corrected chi connectivity index (χ2v) is 5.41. The maximum Gasteiger partial charge on any atom is 0.284 e. The summed E-state index contributed by atoms with van der Waals surface area (Å²) in [7, 11) is 0. The van der Waals surface area contributed by atoms with Gasteiger partial charge in [-0.05, 0) is 43.7 Å². The number of nitrogens with zero attached hydrogens (tertiary/aromatic N) is 2. The van der Waals surface area contributed by atoms with Crippen LogP contribution in [0.25, 0.3) is 6.08 Å². The van der Waals surface area contributed by atoms with Crippen molar-refractivity contribution in [2.24, 2.45) is 5.10 Å². The average molecular weight is 322 g/mol. The van der Waals surface area contributed by atoms with Crippen molar-refractivity contribution in [1.82, 2.24) is 0 Å². The van der Waals surface area contributed by atoms with Crippen LogP contribution in [0.1, 0.15) is 18.1 Å². The van der Waals surface area contributed by atoms with Gasteiger partial charge < -0.3 is 9.84 Å². The van der Waals surface area contributed by atoms with Crippen LogP contribution in [0.5, 0.6) is 5.75 Å². The number of aromatic hydroxyl groups is 1. The number of ether oxygens (including phenoxy) is 1. The van der Waals surface area contributed by atoms with Gasteiger partial charge in [-0.2, -0.15) is 5.01 Å². The largest absolute Gasteiger partial charge is 0.507 e. The summed E-state index contributed by atoms with van der Waals surface area (Å²) in [5.41, 5.74) is 2.47. The Morgan fingerprint density at radius 1 is 1.21 bits per heavy atom. The number of phenolic OH excluding ortho intramolecular Hbond substituents is 1. The fourth-order valence-electron chi connectivity index (χ4n) is 2.44. The predicted molar refractivity (Wildman–Crippen MR) is 93.8 cm³/mol. The number of carbonyl (C=O) groups excluding carboxylic acids is 1. The summed E-state index contributed by atoms with van der Waals surface area (Å²) < 4.78 is 5.51. The summed E-state index contributed by atoms with van der Waals surface area (Å²) in [4.78, 5) is 12.8. The Hall–Kier alpha value is -3.08. The molecule has 5 nitrogen and oxygen atoms in total. The van der Waals surface area contributed by atoms with Crippen molar-refractivity contribution in [2.75, 3.05) is 11.6 Å². The second kappa shape index (κ2) is 6.58. The van der Waals surface area contributed by atoms with Gasteiger partial charge in [-0.25, -0.2) is 0 Å². The fraction of sp³-hybridized carbons (Fsp3) is 0.158. The van der Waals surface area contributed by atoms with Crippen molar-refractivity contribution in [2.45, 2.75) is 13.8 Å². The lowest BCUT2D eigenvalue weighted by molar-refractivity contribution is -0.114. The lowest BCUT2D eigenvalue weighted by Crippen LogP contribution is -2.21. The molecule has 0 bridgehead atoms. The van der Waals surface area contributed by atoms with E-state index in [9.17, 15) is 9.90 Å². The molecule has 122 valence electrons. The molecule has 1 aliphatic rings. The van der Waals surface area contributed by atoms with E-state index in [2.05, 4.69) is 5.10 Å². The molecule has 0 atom stereocenters. The molecule has 0 unspecified atom stereocenters. The SMILES string of the molecule is CCOC1=NN(c2ccccc2)C(=O)/C1=C\c1ccc(C)cc1O. The molecule has 0 fully saturated rings. The lowest BCUT2D eigenvalue weighted by Gasteiger charge is -2.10. The van der Waals surface area contributed by atoms with Gasteiger partial charge in [0, 0.05) is 5.56 Å². The van der Waals surface area contributed by atoms with Gasteiger partial charge in [0.15, 0.2) is 0 Å². The molecule has 0 aliphatic carbocycles. The molecule has 5 heteroatoms. The highest BCUT2D eigenvalue weighted by Gasteiger charge is 2.32. The maximum atomic E-state index is 12.8. The minimum absolute atomic E-state index is 0.115. The van der Waals surface area contributed by atoms with Crippen molar-refractivity contribution in [3.05, 3.63) is 65.2 Å². The van der Waals surface area contributed by atoms with Crippen LogP contribution in [0.3, 0.4) is 0 Å². The first kappa shape index (κ1) is 15.8. The molecule has 1 N–H and O–H groups in total. The zero-order valence-electron chi connectivity index (χ0n) is 13.6. The Kier molecular flexibility index (Phi) is 4.33. The molecule has 1 amide bonds. The highest BCUT2D eigenvalue weighted by atomic mass is 16.5. The Bertz CT molecular complexity index is 826. The third kappa shape index (κ3) is 3.01. The normalized spacial score (nSPS) is 15.8. The molecule has 0 radical (unpaired) electrons. The van der Waals surface area contributed by atoms with Gasteiger partial charge in [-0.3, -0.25) is 4.79 Å². The van der Waals surface area contributed by atoms with Gasteiger partial charge in [-0.1, -0.05) is 30.3 Å². The van der Waals surface area contributed by atoms with Crippen LogP contribution in [-0.2, 0) is 9.53 Å². The molecule has 2 aromatic carbocycles. The number of hydrogen-bond donors (Lipinski definition) is 1. The summed E-state index contributed by atoms with van der Waals surface area (Å²) in [5.74, 6) is 0.0836. The Labute approximate surface area is 140 Å². The molecule has 0 spiro atoms. The number of phenols is 1. The zero-order valence-corrected chi connectivity index (χ0v) is 13.6. The quantitative estimate of drug-likeness (QED) is 0.880. The number of hydrogen-bond acceptors (Lipinski definition) is 4. The van der Waals surface area contributed by atoms with Crippen molar-refractivity contribution >= 4 is 23.6 Å². The lowest BCUT2D eigenvalue weighted by atomic mass is 10.1. The molecule has 2 aromatic rings. The smallest absolute Gasteiger partial charge is 0.284 e. The standard InChI is InChI=1S/C19H18N2O3/c1-3-24-18-16(12-14-10-9-13(2)11-17(14)22)19(23)21(20-18)15-7-5-4-6-8-15/h4-12,22H,3H2,1-2H3/b16-12-. The van der Waals surface area contributed by atoms with Crippen LogP contribution in [0.15, 0.2) is 59.2 Å². The van der Waals surface area contributed by atoms with E-state index < -0.39 is 0 Å². The van der Waals surface area contributed by atoms with Gasteiger partial charge in [-0.15, -0.1) is 5.10 Å². The molecule has 3 rings (SSSR count). The van der Waals surface area contributed by atoms with E-state index in [1.165, 1.54) is 5.01 Å². The van der Waals surface area contributed by atoms with Crippen LogP contribution in [-0.4, -0.2) is 23.5 Å². The number of anilines is 1. The number of para-hydroxylation sites is 1. The first-order chi connectivity index (χ1) is 11.6. The predicted octanol–water partition coefficient (Wildman–Crippen LogP) is 3.48. The van der Waals surface area contributed by atoms with E-state index in [-0.39, 0.29) is 17.6 Å². The number of aryl methyl sites for hydroxylation is 1. The topological polar surface area (TPSA) is 62.1 Å². The maximum absolute atomic E-state index is 12.8. The number of rotatable bonds is 3. The Morgan fingerprint density at radius 2 is 1.96 bits per heavy atom. The van der Waals surface area contributed by atoms with Crippen LogP contribution in [0.4, 0.5) is 5.69 Å². The minimum atomic E-state index is -0.287. The van der Waals surface area contributed by atoms with Gasteiger partial charge >= 0.3 is 0 Å². The first-order valence-corrected chi connectivity index (χ1v) is 7.72. The first-order valence-electron chi connectivity index (χ1n) is 7.72. The highest BCUT2D eigenvalue weighted by molar-refractivity contribution is 6.30. The molecule has 1 heterocycles. The summed E-state index contributed by atoms with van der Waals surface area (Å²) in [5, 5.41) is 15.7. The fourth-order valence-corrected chi connectivity index (χ4v) is 2.44. The van der Waals surface area contributed by atoms with Gasteiger partial charge in [0.1, 0.15) is 11.3 Å². The van der Waals surface area contributed by atoms with E-state index >= 15 is 0 Å². The van der Waals surface area contributed by atoms with Crippen LogP contribution < -0.4 is 5.01 Å². The molecular weight excluding hydrogens is 304 g/mol. The summed E-state index contributed by atoms with van der Waals surface area (Å²) >= 11 is 0. The highest BCUT2D eigenvalue weighted by Crippen LogP contribution is 2.28. The minimum Gasteiger partial charge on any atom is -0.507 e. The van der Waals surface area contributed by atoms with E-state index in [1.54, 1.807) is 30.3 Å². The second-order valence-electron chi connectivity index (χ2n) is 5.41. The Balaban J connectivity index is 2.02. The molecular formula is C19H18N2O3. The third-order valence-electron chi connectivity index (χ3n) is 3.61. The van der Waals surface area contributed by atoms with Crippen molar-refractivity contribution < 1.29 is 14.6 Å². The molecule has 0 saturated heterocycles. The van der Waals surface area contributed by atoms with Crippen LogP contribution in [0.2, 0.25) is 0 Å². The summed E-state index contributed by atoms with van der Waals surface area (Å²) in [6.07, 6.45) is 1.61. The molecule has 0 saturated carbocycles. The van der Waals surface area contributed by atoms with Crippen LogP contribution in [0, 0.1) is 6.92 Å². The molecule has 24 heavy (non-hydrogen) atoms. The van der Waals surface area contributed by atoms with Gasteiger partial charge in [0.25, 0.3) is 5.91 Å². The van der Waals surface area contributed by atoms with E-state index in [0.29, 0.717) is 23.4 Å².